The van der Waals surface area contributed by atoms with Crippen molar-refractivity contribution < 1.29 is 4.39 Å². The van der Waals surface area contributed by atoms with Crippen LogP contribution in [0.4, 0.5) is 4.39 Å². The Bertz CT molecular complexity index is 439. The Kier molecular flexibility index (Phi) is 2.46. The summed E-state index contributed by atoms with van der Waals surface area (Å²) in [5, 5.41) is 0.546. The lowest BCUT2D eigenvalue weighted by molar-refractivity contribution is 0.631. The van der Waals surface area contributed by atoms with Gasteiger partial charge in [0.15, 0.2) is 0 Å². The van der Waals surface area contributed by atoms with Crippen LogP contribution in [0.25, 0.3) is 11.3 Å². The summed E-state index contributed by atoms with van der Waals surface area (Å²) in [5.74, 6) is -0.276. The molecular weight excluding hydrogens is 201 g/mol. The fraction of sp³-hybridized carbons (Fsp3) is 0. The molecule has 70 valence electrons. The van der Waals surface area contributed by atoms with Gasteiger partial charge in [0.25, 0.3) is 0 Å². The lowest BCUT2D eigenvalue weighted by Gasteiger charge is -2.01. The molecule has 3 heteroatoms. The Hall–Kier alpha value is -1.41. The predicted octanol–water partition coefficient (Wildman–Crippen LogP) is 3.54. The number of nitrogens with zero attached hydrogens (tertiary/aromatic N) is 1. The molecule has 14 heavy (non-hydrogen) atoms. The van der Waals surface area contributed by atoms with Crippen LogP contribution in [0.15, 0.2) is 42.6 Å². The highest BCUT2D eigenvalue weighted by atomic mass is 35.5. The topological polar surface area (TPSA) is 12.9 Å². The predicted molar refractivity (Wildman–Crippen MR) is 54.6 cm³/mol. The fourth-order valence-electron chi connectivity index (χ4n) is 1.20. The van der Waals surface area contributed by atoms with Crippen LogP contribution in [0.3, 0.4) is 0 Å². The highest BCUT2D eigenvalue weighted by Gasteiger charge is 2.03. The average Bonchev–Trinajstić information content (AvgIpc) is 2.20. The van der Waals surface area contributed by atoms with Gasteiger partial charge in [-0.1, -0.05) is 23.7 Å². The van der Waals surface area contributed by atoms with Gasteiger partial charge in [-0.15, -0.1) is 0 Å². The van der Waals surface area contributed by atoms with Crippen molar-refractivity contribution in [3.63, 3.8) is 0 Å². The van der Waals surface area contributed by atoms with Crippen molar-refractivity contribution in [1.82, 2.24) is 4.98 Å². The van der Waals surface area contributed by atoms with E-state index in [2.05, 4.69) is 4.98 Å². The Labute approximate surface area is 86.2 Å². The first kappa shape index (κ1) is 9.16. The molecule has 1 aromatic heterocycles. The molecule has 0 fully saturated rings. The molecule has 0 radical (unpaired) electrons. The molecule has 0 bridgehead atoms. The van der Waals surface area contributed by atoms with E-state index in [1.807, 2.05) is 0 Å². The second-order valence-electron chi connectivity index (χ2n) is 2.84. The van der Waals surface area contributed by atoms with Crippen LogP contribution in [0.1, 0.15) is 0 Å². The van der Waals surface area contributed by atoms with Crippen molar-refractivity contribution in [3.8, 4) is 11.3 Å². The molecule has 2 rings (SSSR count). The number of rotatable bonds is 1. The molecule has 2 aromatic rings. The van der Waals surface area contributed by atoms with E-state index in [9.17, 15) is 4.39 Å². The maximum absolute atomic E-state index is 13.3. The SMILES string of the molecule is Fc1ccccc1-c1ccc(Cl)cn1. The number of pyridine rings is 1. The second-order valence-corrected chi connectivity index (χ2v) is 3.28. The first-order valence-electron chi connectivity index (χ1n) is 4.14. The molecule has 0 saturated carbocycles. The minimum atomic E-state index is -0.276. The molecule has 0 unspecified atom stereocenters. The molecule has 0 aliphatic rings. The third kappa shape index (κ3) is 1.75. The smallest absolute Gasteiger partial charge is 0.132 e. The Morgan fingerprint density at radius 1 is 1.07 bits per heavy atom. The van der Waals surface area contributed by atoms with E-state index in [4.69, 9.17) is 11.6 Å². The van der Waals surface area contributed by atoms with Crippen LogP contribution in [0.2, 0.25) is 5.02 Å². The van der Waals surface area contributed by atoms with Gasteiger partial charge in [-0.3, -0.25) is 4.98 Å². The zero-order chi connectivity index (χ0) is 9.97. The lowest BCUT2D eigenvalue weighted by Crippen LogP contribution is -1.86. The summed E-state index contributed by atoms with van der Waals surface area (Å²) in [7, 11) is 0. The number of benzene rings is 1. The summed E-state index contributed by atoms with van der Waals surface area (Å²) in [5.41, 5.74) is 1.08. The van der Waals surface area contributed by atoms with E-state index < -0.39 is 0 Å². The molecule has 1 nitrogen and oxygen atoms in total. The van der Waals surface area contributed by atoms with E-state index in [-0.39, 0.29) is 5.82 Å². The molecule has 1 aromatic carbocycles. The van der Waals surface area contributed by atoms with Crippen molar-refractivity contribution in [2.75, 3.05) is 0 Å². The number of hydrogen-bond acceptors (Lipinski definition) is 1. The molecule has 0 aliphatic heterocycles. The summed E-state index contributed by atoms with van der Waals surface area (Å²) in [4.78, 5) is 4.04. The first-order valence-corrected chi connectivity index (χ1v) is 4.51. The van der Waals surface area contributed by atoms with Gasteiger partial charge in [-0.05, 0) is 24.3 Å². The highest BCUT2D eigenvalue weighted by molar-refractivity contribution is 6.30. The number of halogens is 2. The van der Waals surface area contributed by atoms with Gasteiger partial charge in [0.2, 0.25) is 0 Å². The van der Waals surface area contributed by atoms with Gasteiger partial charge in [-0.2, -0.15) is 0 Å². The lowest BCUT2D eigenvalue weighted by atomic mass is 10.1. The summed E-state index contributed by atoms with van der Waals surface area (Å²) in [6.45, 7) is 0. The molecule has 0 atom stereocenters. The quantitative estimate of drug-likeness (QED) is 0.697. The minimum Gasteiger partial charge on any atom is -0.255 e. The van der Waals surface area contributed by atoms with Crippen molar-refractivity contribution in [2.45, 2.75) is 0 Å². The van der Waals surface area contributed by atoms with Gasteiger partial charge in [0.1, 0.15) is 5.82 Å². The Balaban J connectivity index is 2.50. The summed E-state index contributed by atoms with van der Waals surface area (Å²) in [6, 6.07) is 9.90. The van der Waals surface area contributed by atoms with E-state index >= 15 is 0 Å². The molecule has 0 N–H and O–H groups in total. The molecule has 0 saturated heterocycles. The zero-order valence-corrected chi connectivity index (χ0v) is 8.00. The number of hydrogen-bond donors (Lipinski definition) is 0. The van der Waals surface area contributed by atoms with Crippen molar-refractivity contribution in [1.29, 1.82) is 0 Å². The standard InChI is InChI=1S/C11H7ClFN/c12-8-5-6-11(14-7-8)9-3-1-2-4-10(9)13/h1-7H. The Morgan fingerprint density at radius 3 is 2.50 bits per heavy atom. The van der Waals surface area contributed by atoms with Gasteiger partial charge in [-0.25, -0.2) is 4.39 Å². The summed E-state index contributed by atoms with van der Waals surface area (Å²) >= 11 is 5.68. The normalized spacial score (nSPS) is 10.1. The van der Waals surface area contributed by atoms with Gasteiger partial charge < -0.3 is 0 Å². The van der Waals surface area contributed by atoms with Crippen LogP contribution in [-0.4, -0.2) is 4.98 Å². The van der Waals surface area contributed by atoms with Crippen LogP contribution in [-0.2, 0) is 0 Å². The highest BCUT2D eigenvalue weighted by Crippen LogP contribution is 2.21. The van der Waals surface area contributed by atoms with Crippen molar-refractivity contribution in [3.05, 3.63) is 53.4 Å². The molecule has 0 aliphatic carbocycles. The first-order chi connectivity index (χ1) is 6.77. The van der Waals surface area contributed by atoms with Crippen LogP contribution < -0.4 is 0 Å². The van der Waals surface area contributed by atoms with Gasteiger partial charge in [0, 0.05) is 11.8 Å². The summed E-state index contributed by atoms with van der Waals surface area (Å²) in [6.07, 6.45) is 1.50. The largest absolute Gasteiger partial charge is 0.255 e. The third-order valence-corrected chi connectivity index (χ3v) is 2.10. The van der Waals surface area contributed by atoms with E-state index in [0.717, 1.165) is 0 Å². The van der Waals surface area contributed by atoms with E-state index in [1.165, 1.54) is 12.3 Å². The van der Waals surface area contributed by atoms with Crippen molar-refractivity contribution >= 4 is 11.6 Å². The van der Waals surface area contributed by atoms with Crippen LogP contribution in [0, 0.1) is 5.82 Å². The molecule has 0 amide bonds. The van der Waals surface area contributed by atoms with Crippen LogP contribution >= 0.6 is 11.6 Å². The maximum atomic E-state index is 13.3. The minimum absolute atomic E-state index is 0.276. The monoisotopic (exact) mass is 207 g/mol. The fourth-order valence-corrected chi connectivity index (χ4v) is 1.32. The molecular formula is C11H7ClFN. The van der Waals surface area contributed by atoms with Gasteiger partial charge in [0.05, 0.1) is 10.7 Å². The van der Waals surface area contributed by atoms with E-state index in [1.54, 1.807) is 30.3 Å². The molecule has 0 spiro atoms. The summed E-state index contributed by atoms with van der Waals surface area (Å²) < 4.78 is 13.3. The Morgan fingerprint density at radius 2 is 1.86 bits per heavy atom. The zero-order valence-electron chi connectivity index (χ0n) is 7.24. The van der Waals surface area contributed by atoms with Crippen LogP contribution in [0.5, 0.6) is 0 Å². The third-order valence-electron chi connectivity index (χ3n) is 1.88. The molecule has 1 heterocycles. The second kappa shape index (κ2) is 3.76. The maximum Gasteiger partial charge on any atom is 0.132 e. The van der Waals surface area contributed by atoms with E-state index in [0.29, 0.717) is 16.3 Å². The average molecular weight is 208 g/mol. The van der Waals surface area contributed by atoms with Gasteiger partial charge >= 0.3 is 0 Å². The van der Waals surface area contributed by atoms with Crippen molar-refractivity contribution in [2.24, 2.45) is 0 Å². The number of aromatic nitrogens is 1.